The minimum Gasteiger partial charge on any atom is -0.495 e. The molecule has 10 heteroatoms. The maximum Gasteiger partial charge on any atom is 0.280 e. The van der Waals surface area contributed by atoms with E-state index in [1.165, 1.54) is 43.5 Å². The molecule has 0 atom stereocenters. The van der Waals surface area contributed by atoms with Crippen LogP contribution in [-0.4, -0.2) is 26.7 Å². The zero-order valence-corrected chi connectivity index (χ0v) is 13.9. The second-order valence-electron chi connectivity index (χ2n) is 4.50. The number of non-ortho nitro benzene ring substituents is 1. The Balaban J connectivity index is 2.23. The lowest BCUT2D eigenvalue weighted by Gasteiger charge is -2.09. The summed E-state index contributed by atoms with van der Waals surface area (Å²) in [6.45, 7) is 0. The van der Waals surface area contributed by atoms with Crippen LogP contribution in [0.25, 0.3) is 0 Å². The molecule has 1 N–H and O–H groups in total. The van der Waals surface area contributed by atoms with Crippen molar-refractivity contribution in [2.45, 2.75) is 4.90 Å². The summed E-state index contributed by atoms with van der Waals surface area (Å²) in [6.07, 6.45) is 1.15. The fourth-order valence-corrected chi connectivity index (χ4v) is 3.02. The van der Waals surface area contributed by atoms with E-state index in [4.69, 9.17) is 16.3 Å². The lowest BCUT2D eigenvalue weighted by molar-refractivity contribution is -0.384. The molecule has 8 nitrogen and oxygen atoms in total. The van der Waals surface area contributed by atoms with Gasteiger partial charge in [-0.1, -0.05) is 23.7 Å². The Morgan fingerprint density at radius 1 is 1.29 bits per heavy atom. The highest BCUT2D eigenvalue weighted by molar-refractivity contribution is 7.89. The van der Waals surface area contributed by atoms with Crippen molar-refractivity contribution in [3.05, 3.63) is 63.2 Å². The summed E-state index contributed by atoms with van der Waals surface area (Å²) in [5.74, 6) is 0.109. The molecule has 0 bridgehead atoms. The van der Waals surface area contributed by atoms with Crippen LogP contribution >= 0.6 is 11.6 Å². The van der Waals surface area contributed by atoms with E-state index in [-0.39, 0.29) is 21.4 Å². The van der Waals surface area contributed by atoms with Gasteiger partial charge in [-0.3, -0.25) is 10.1 Å². The van der Waals surface area contributed by atoms with Gasteiger partial charge in [0.2, 0.25) is 0 Å². The Hall–Kier alpha value is -2.65. The number of halogens is 1. The number of nitro groups is 1. The number of nitro benzene ring substituents is 1. The average molecular weight is 370 g/mol. The lowest BCUT2D eigenvalue weighted by atomic mass is 10.2. The fourth-order valence-electron chi connectivity index (χ4n) is 1.80. The topological polar surface area (TPSA) is 111 Å². The first-order valence-corrected chi connectivity index (χ1v) is 8.32. The van der Waals surface area contributed by atoms with E-state index in [1.54, 1.807) is 6.07 Å². The van der Waals surface area contributed by atoms with Gasteiger partial charge in [-0.05, 0) is 18.2 Å². The van der Waals surface area contributed by atoms with Gasteiger partial charge < -0.3 is 4.74 Å². The van der Waals surface area contributed by atoms with Crippen molar-refractivity contribution in [2.75, 3.05) is 7.11 Å². The quantitative estimate of drug-likeness (QED) is 0.478. The molecule has 0 aliphatic carbocycles. The molecule has 0 saturated carbocycles. The molecule has 0 aliphatic heterocycles. The molecule has 0 saturated heterocycles. The lowest BCUT2D eigenvalue weighted by Crippen LogP contribution is -2.19. The average Bonchev–Trinajstić information content (AvgIpc) is 2.55. The molecule has 2 rings (SSSR count). The van der Waals surface area contributed by atoms with Crippen molar-refractivity contribution < 1.29 is 18.1 Å². The highest BCUT2D eigenvalue weighted by Gasteiger charge is 2.19. The number of nitrogens with zero attached hydrogens (tertiary/aromatic N) is 2. The summed E-state index contributed by atoms with van der Waals surface area (Å²) in [4.78, 5) is 12.0. The van der Waals surface area contributed by atoms with Gasteiger partial charge in [0.15, 0.2) is 0 Å². The molecule has 0 spiro atoms. The Kier molecular flexibility index (Phi) is 5.37. The monoisotopic (exact) mass is 369 g/mol. The van der Waals surface area contributed by atoms with Crippen LogP contribution in [0.3, 0.4) is 0 Å². The van der Waals surface area contributed by atoms with Crippen LogP contribution in [0.1, 0.15) is 5.56 Å². The third-order valence-electron chi connectivity index (χ3n) is 2.88. The van der Waals surface area contributed by atoms with Gasteiger partial charge in [0.05, 0.1) is 18.2 Å². The van der Waals surface area contributed by atoms with E-state index in [9.17, 15) is 18.5 Å². The van der Waals surface area contributed by atoms with E-state index in [0.717, 1.165) is 6.21 Å². The van der Waals surface area contributed by atoms with Crippen molar-refractivity contribution in [2.24, 2.45) is 5.10 Å². The molecule has 2 aromatic rings. The van der Waals surface area contributed by atoms with Crippen LogP contribution in [0, 0.1) is 10.1 Å². The van der Waals surface area contributed by atoms with Gasteiger partial charge in [-0.15, -0.1) is 0 Å². The highest BCUT2D eigenvalue weighted by Crippen LogP contribution is 2.26. The molecule has 0 unspecified atom stereocenters. The molecule has 126 valence electrons. The second kappa shape index (κ2) is 7.28. The SMILES string of the molecule is COc1ccc(Cl)cc1S(=O)(=O)N/N=C/c1cccc([N+](=O)[O-])c1. The van der Waals surface area contributed by atoms with Crippen molar-refractivity contribution in [3.8, 4) is 5.75 Å². The number of hydrogen-bond donors (Lipinski definition) is 1. The van der Waals surface area contributed by atoms with E-state index in [0.29, 0.717) is 5.56 Å². The number of methoxy groups -OCH3 is 1. The number of nitrogens with one attached hydrogen (secondary N) is 1. The molecule has 0 aliphatic rings. The highest BCUT2D eigenvalue weighted by atomic mass is 35.5. The van der Waals surface area contributed by atoms with E-state index >= 15 is 0 Å². The van der Waals surface area contributed by atoms with Gasteiger partial charge in [0.25, 0.3) is 15.7 Å². The Morgan fingerprint density at radius 3 is 2.71 bits per heavy atom. The summed E-state index contributed by atoms with van der Waals surface area (Å²) < 4.78 is 29.5. The van der Waals surface area contributed by atoms with Gasteiger partial charge >= 0.3 is 0 Å². The first kappa shape index (κ1) is 17.7. The maximum atomic E-state index is 12.3. The van der Waals surface area contributed by atoms with Gasteiger partial charge in [-0.25, -0.2) is 0 Å². The first-order valence-electron chi connectivity index (χ1n) is 6.46. The standard InChI is InChI=1S/C14H12ClN3O5S/c1-23-13-6-5-11(15)8-14(13)24(21,22)17-16-9-10-3-2-4-12(7-10)18(19)20/h2-9,17H,1H3/b16-9+. The summed E-state index contributed by atoms with van der Waals surface area (Å²) in [5, 5.41) is 14.5. The van der Waals surface area contributed by atoms with Crippen molar-refractivity contribution >= 4 is 33.5 Å². The number of sulfonamides is 1. The third-order valence-corrected chi connectivity index (χ3v) is 4.36. The number of hydrazone groups is 1. The van der Waals surface area contributed by atoms with Crippen LogP contribution < -0.4 is 9.57 Å². The largest absolute Gasteiger partial charge is 0.495 e. The fraction of sp³-hybridized carbons (Fsp3) is 0.0714. The molecule has 0 radical (unpaired) electrons. The van der Waals surface area contributed by atoms with Crippen LogP contribution in [0.15, 0.2) is 52.5 Å². The third kappa shape index (κ3) is 4.21. The smallest absolute Gasteiger partial charge is 0.280 e. The van der Waals surface area contributed by atoms with E-state index in [1.807, 2.05) is 4.83 Å². The molecular formula is C14H12ClN3O5S. The molecule has 0 aromatic heterocycles. The molecule has 24 heavy (non-hydrogen) atoms. The van der Waals surface area contributed by atoms with Crippen molar-refractivity contribution in [1.82, 2.24) is 4.83 Å². The zero-order valence-electron chi connectivity index (χ0n) is 12.3. The second-order valence-corrected chi connectivity index (χ2v) is 6.57. The van der Waals surface area contributed by atoms with Crippen LogP contribution in [0.2, 0.25) is 5.02 Å². The Labute approximate surface area is 142 Å². The number of benzene rings is 2. The van der Waals surface area contributed by atoms with Crippen molar-refractivity contribution in [1.29, 1.82) is 0 Å². The zero-order chi connectivity index (χ0) is 17.7. The van der Waals surface area contributed by atoms with Crippen molar-refractivity contribution in [3.63, 3.8) is 0 Å². The van der Waals surface area contributed by atoms with Crippen LogP contribution in [-0.2, 0) is 10.0 Å². The van der Waals surface area contributed by atoms with E-state index in [2.05, 4.69) is 5.10 Å². The number of rotatable bonds is 6. The van der Waals surface area contributed by atoms with Crippen LogP contribution in [0.4, 0.5) is 5.69 Å². The predicted octanol–water partition coefficient (Wildman–Crippen LogP) is 2.57. The molecular weight excluding hydrogens is 358 g/mol. The Morgan fingerprint density at radius 2 is 2.04 bits per heavy atom. The molecule has 0 heterocycles. The Bertz CT molecular complexity index is 899. The predicted molar refractivity (Wildman–Crippen MR) is 89.0 cm³/mol. The van der Waals surface area contributed by atoms with Crippen LogP contribution in [0.5, 0.6) is 5.75 Å². The van der Waals surface area contributed by atoms with Gasteiger partial charge in [0.1, 0.15) is 10.6 Å². The summed E-state index contributed by atoms with van der Waals surface area (Å²) >= 11 is 5.81. The molecule has 2 aromatic carbocycles. The summed E-state index contributed by atoms with van der Waals surface area (Å²) in [6, 6.07) is 9.73. The number of ether oxygens (including phenoxy) is 1. The van der Waals surface area contributed by atoms with E-state index < -0.39 is 14.9 Å². The number of hydrogen-bond acceptors (Lipinski definition) is 6. The maximum absolute atomic E-state index is 12.3. The van der Waals surface area contributed by atoms with Gasteiger partial charge in [0, 0.05) is 22.7 Å². The van der Waals surface area contributed by atoms with Gasteiger partial charge in [-0.2, -0.15) is 18.4 Å². The normalized spacial score (nSPS) is 11.4. The summed E-state index contributed by atoms with van der Waals surface area (Å²) in [7, 11) is -2.69. The minimum absolute atomic E-state index is 0.109. The molecule has 0 fully saturated rings. The minimum atomic E-state index is -4.01. The summed E-state index contributed by atoms with van der Waals surface area (Å²) in [5.41, 5.74) is 0.239. The molecule has 0 amide bonds. The first-order chi connectivity index (χ1) is 11.3.